The number of piperazine rings is 1. The maximum Gasteiger partial charge on any atom is 0.246 e. The average Bonchev–Trinajstić information content (AvgIpc) is 2.90. The first-order valence-electron chi connectivity index (χ1n) is 12.4. The van der Waals surface area contributed by atoms with Crippen molar-refractivity contribution in [3.05, 3.63) is 88.9 Å². The molecular weight excluding hydrogens is 490 g/mol. The lowest BCUT2D eigenvalue weighted by molar-refractivity contribution is -0.150. The molecule has 2 atom stereocenters. The Kier molecular flexibility index (Phi) is 9.04. The first-order chi connectivity index (χ1) is 18.0. The molecular formula is C29H32ClN3O4. The van der Waals surface area contributed by atoms with E-state index < -0.39 is 12.1 Å². The van der Waals surface area contributed by atoms with Crippen LogP contribution in [0.25, 0.3) is 0 Å². The van der Waals surface area contributed by atoms with Gasteiger partial charge in [0.1, 0.15) is 29.3 Å². The topological polar surface area (TPSA) is 93.9 Å². The number of nitrogens with one attached hydrogen (secondary N) is 1. The molecule has 3 N–H and O–H groups in total. The number of nitrogens with two attached hydrogens (primary N) is 1. The molecule has 4 rings (SSSR count). The van der Waals surface area contributed by atoms with Gasteiger partial charge in [0.2, 0.25) is 11.8 Å². The fourth-order valence-corrected chi connectivity index (χ4v) is 4.76. The lowest BCUT2D eigenvalue weighted by Crippen LogP contribution is -2.63. The van der Waals surface area contributed by atoms with Gasteiger partial charge in [-0.1, -0.05) is 48.0 Å². The van der Waals surface area contributed by atoms with E-state index in [1.165, 1.54) is 0 Å². The van der Waals surface area contributed by atoms with E-state index in [0.717, 1.165) is 29.7 Å². The van der Waals surface area contributed by atoms with Crippen LogP contribution in [0.1, 0.15) is 30.4 Å². The largest absolute Gasteiger partial charge is 0.495 e. The number of amides is 2. The highest BCUT2D eigenvalue weighted by molar-refractivity contribution is 6.32. The number of methoxy groups -OCH3 is 1. The molecule has 0 bridgehead atoms. The van der Waals surface area contributed by atoms with Crippen molar-refractivity contribution in [3.8, 4) is 17.2 Å². The lowest BCUT2D eigenvalue weighted by atomic mass is 9.96. The number of unbranched alkanes of at least 4 members (excludes halogenated alkanes) is 1. The van der Waals surface area contributed by atoms with Gasteiger partial charge in [0.25, 0.3) is 0 Å². The molecule has 1 aliphatic heterocycles. The van der Waals surface area contributed by atoms with E-state index in [-0.39, 0.29) is 11.8 Å². The van der Waals surface area contributed by atoms with Gasteiger partial charge in [-0.2, -0.15) is 0 Å². The van der Waals surface area contributed by atoms with E-state index in [4.69, 9.17) is 26.8 Å². The van der Waals surface area contributed by atoms with Crippen LogP contribution in [0.2, 0.25) is 5.02 Å². The smallest absolute Gasteiger partial charge is 0.246 e. The predicted octanol–water partition coefficient (Wildman–Crippen LogP) is 4.71. The van der Waals surface area contributed by atoms with Crippen LogP contribution >= 0.6 is 11.6 Å². The summed E-state index contributed by atoms with van der Waals surface area (Å²) >= 11 is 6.28. The van der Waals surface area contributed by atoms with Crippen molar-refractivity contribution in [1.82, 2.24) is 10.2 Å². The van der Waals surface area contributed by atoms with Gasteiger partial charge in [-0.3, -0.25) is 9.59 Å². The molecule has 2 amide bonds. The van der Waals surface area contributed by atoms with Gasteiger partial charge in [-0.05, 0) is 73.3 Å². The molecule has 1 saturated heterocycles. The summed E-state index contributed by atoms with van der Waals surface area (Å²) in [6.07, 6.45) is 2.46. The van der Waals surface area contributed by atoms with E-state index in [9.17, 15) is 9.59 Å². The van der Waals surface area contributed by atoms with Crippen molar-refractivity contribution in [2.45, 2.75) is 44.3 Å². The van der Waals surface area contributed by atoms with Crippen molar-refractivity contribution in [2.75, 3.05) is 13.7 Å². The third kappa shape index (κ3) is 6.81. The molecule has 1 aliphatic rings. The molecule has 8 heteroatoms. The van der Waals surface area contributed by atoms with Crippen LogP contribution in [0.15, 0.2) is 72.8 Å². The van der Waals surface area contributed by atoms with Gasteiger partial charge in [-0.15, -0.1) is 0 Å². The number of halogens is 1. The SMILES string of the molecule is COc1ccc(C[C@@H]2NC(=O)[C@H](CCCCN)N(Cc3ccc(Oc4ccccc4)cc3)C2=O)cc1Cl. The summed E-state index contributed by atoms with van der Waals surface area (Å²) < 4.78 is 11.1. The quantitative estimate of drug-likeness (QED) is 0.356. The third-order valence-corrected chi connectivity index (χ3v) is 6.71. The van der Waals surface area contributed by atoms with Gasteiger partial charge >= 0.3 is 0 Å². The van der Waals surface area contributed by atoms with Crippen LogP contribution in [0.3, 0.4) is 0 Å². The third-order valence-electron chi connectivity index (χ3n) is 6.42. The minimum Gasteiger partial charge on any atom is -0.495 e. The number of hydrogen-bond donors (Lipinski definition) is 2. The predicted molar refractivity (Wildman–Crippen MR) is 144 cm³/mol. The van der Waals surface area contributed by atoms with Gasteiger partial charge in [-0.25, -0.2) is 0 Å². The first kappa shape index (κ1) is 26.5. The van der Waals surface area contributed by atoms with Crippen LogP contribution in [0.4, 0.5) is 0 Å². The van der Waals surface area contributed by atoms with E-state index in [1.54, 1.807) is 24.1 Å². The number of nitrogens with zero attached hydrogens (tertiary/aromatic N) is 1. The molecule has 1 heterocycles. The summed E-state index contributed by atoms with van der Waals surface area (Å²) in [5.41, 5.74) is 7.42. The van der Waals surface area contributed by atoms with E-state index in [1.807, 2.05) is 60.7 Å². The fraction of sp³-hybridized carbons (Fsp3) is 0.310. The molecule has 0 saturated carbocycles. The molecule has 37 heavy (non-hydrogen) atoms. The Bertz CT molecular complexity index is 1200. The van der Waals surface area contributed by atoms with Crippen molar-refractivity contribution < 1.29 is 19.1 Å². The molecule has 194 valence electrons. The van der Waals surface area contributed by atoms with E-state index in [2.05, 4.69) is 5.32 Å². The number of rotatable bonds is 11. The number of hydrogen-bond acceptors (Lipinski definition) is 5. The molecule has 0 aromatic heterocycles. The van der Waals surface area contributed by atoms with Crippen LogP contribution in [0.5, 0.6) is 17.2 Å². The minimum absolute atomic E-state index is 0.117. The van der Waals surface area contributed by atoms with Gasteiger partial charge in [0.15, 0.2) is 0 Å². The van der Waals surface area contributed by atoms with E-state index in [0.29, 0.717) is 42.5 Å². The number of para-hydroxylation sites is 1. The number of carbonyl (C=O) groups is 2. The highest BCUT2D eigenvalue weighted by atomic mass is 35.5. The second kappa shape index (κ2) is 12.6. The highest BCUT2D eigenvalue weighted by Gasteiger charge is 2.40. The van der Waals surface area contributed by atoms with E-state index >= 15 is 0 Å². The second-order valence-corrected chi connectivity index (χ2v) is 9.47. The Morgan fingerprint density at radius 1 is 0.946 bits per heavy atom. The van der Waals surface area contributed by atoms with Crippen LogP contribution in [-0.2, 0) is 22.6 Å². The molecule has 0 radical (unpaired) electrons. The normalized spacial score (nSPS) is 17.4. The molecule has 3 aromatic rings. The Morgan fingerprint density at radius 3 is 2.32 bits per heavy atom. The summed E-state index contributed by atoms with van der Waals surface area (Å²) in [6.45, 7) is 0.872. The summed E-state index contributed by atoms with van der Waals surface area (Å²) in [5.74, 6) is 1.75. The lowest BCUT2D eigenvalue weighted by Gasteiger charge is -2.39. The molecule has 7 nitrogen and oxygen atoms in total. The van der Waals surface area contributed by atoms with Gasteiger partial charge < -0.3 is 25.4 Å². The molecule has 3 aromatic carbocycles. The fourth-order valence-electron chi connectivity index (χ4n) is 4.48. The summed E-state index contributed by atoms with van der Waals surface area (Å²) in [6, 6.07) is 21.3. The molecule has 0 unspecified atom stereocenters. The minimum atomic E-state index is -0.677. The van der Waals surface area contributed by atoms with Crippen molar-refractivity contribution in [2.24, 2.45) is 5.73 Å². The molecule has 1 fully saturated rings. The summed E-state index contributed by atoms with van der Waals surface area (Å²) in [5, 5.41) is 3.40. The maximum absolute atomic E-state index is 13.6. The monoisotopic (exact) mass is 521 g/mol. The van der Waals surface area contributed by atoms with Gasteiger partial charge in [0.05, 0.1) is 12.1 Å². The second-order valence-electron chi connectivity index (χ2n) is 9.06. The zero-order valence-electron chi connectivity index (χ0n) is 20.9. The zero-order chi connectivity index (χ0) is 26.2. The van der Waals surface area contributed by atoms with Crippen molar-refractivity contribution >= 4 is 23.4 Å². The molecule has 0 spiro atoms. The maximum atomic E-state index is 13.6. The number of ether oxygens (including phenoxy) is 2. The highest BCUT2D eigenvalue weighted by Crippen LogP contribution is 2.27. The number of carbonyl (C=O) groups excluding carboxylic acids is 2. The standard InChI is InChI=1S/C29H32ClN3O4/c1-36-27-15-12-21(17-24(27)30)18-25-29(35)33(26(28(34)32-25)9-5-6-16-31)19-20-10-13-23(14-11-20)37-22-7-3-2-4-8-22/h2-4,7-8,10-15,17,25-26H,5-6,9,16,18-19,31H2,1H3,(H,32,34)/t25-,26-/m0/s1. The first-order valence-corrected chi connectivity index (χ1v) is 12.8. The summed E-state index contributed by atoms with van der Waals surface area (Å²) in [4.78, 5) is 28.5. The number of benzene rings is 3. The molecule has 0 aliphatic carbocycles. The van der Waals surface area contributed by atoms with Crippen molar-refractivity contribution in [3.63, 3.8) is 0 Å². The Labute approximate surface area is 222 Å². The Hall–Kier alpha value is -3.55. The van der Waals surface area contributed by atoms with Crippen LogP contribution in [-0.4, -0.2) is 42.5 Å². The van der Waals surface area contributed by atoms with Crippen LogP contribution in [0, 0.1) is 0 Å². The van der Waals surface area contributed by atoms with Crippen LogP contribution < -0.4 is 20.5 Å². The Morgan fingerprint density at radius 2 is 1.65 bits per heavy atom. The Balaban J connectivity index is 1.51. The zero-order valence-corrected chi connectivity index (χ0v) is 21.6. The summed E-state index contributed by atoms with van der Waals surface area (Å²) in [7, 11) is 1.55. The van der Waals surface area contributed by atoms with Gasteiger partial charge in [0, 0.05) is 13.0 Å². The average molecular weight is 522 g/mol. The van der Waals surface area contributed by atoms with Crippen molar-refractivity contribution in [1.29, 1.82) is 0 Å².